The summed E-state index contributed by atoms with van der Waals surface area (Å²) in [5.74, 6) is -6.26. The molecule has 6 aliphatic rings. The molecule has 2 aromatic heterocycles. The molecule has 6 amide bonds. The molecule has 4 fully saturated rings. The van der Waals surface area contributed by atoms with Crippen molar-refractivity contribution in [3.05, 3.63) is 77.7 Å². The Hall–Kier alpha value is -7.87. The number of carbonyl (C=O) groups is 8. The van der Waals surface area contributed by atoms with Crippen LogP contribution in [0.5, 0.6) is 6.08 Å². The van der Waals surface area contributed by atoms with Crippen LogP contribution >= 0.6 is 11.6 Å². The normalized spacial score (nSPS) is 28.6. The molecule has 4 aliphatic heterocycles. The Morgan fingerprint density at radius 2 is 1.13 bits per heavy atom. The van der Waals surface area contributed by atoms with Gasteiger partial charge in [0.2, 0.25) is 23.6 Å². The number of alkyl carbamates (subject to hydrolysis) is 2. The molecule has 0 unspecified atom stereocenters. The van der Waals surface area contributed by atoms with E-state index in [1.165, 1.54) is 28.0 Å². The number of rotatable bonds is 6. The van der Waals surface area contributed by atoms with Crippen molar-refractivity contribution in [1.29, 1.82) is 0 Å². The topological polar surface area (TPSA) is 332 Å². The highest BCUT2D eigenvalue weighted by atomic mass is 35.5. The average Bonchev–Trinajstić information content (AvgIpc) is 1.69. The standard InChI is InChI=1S/C30H37FN4O8.C23H35N3O7.C7H3ClFNO/c1-29(2,3)43-27(40)32-21-12-8-6-4-5-7-10-17-15-30(17,26(38)39)34-24(36)22-14-18(16-35(22)25(21)37)41-28-33-20-13-9-11-19(31)23(20)42-28;1-22(2,3)33-21(32)24-16-10-8-6-4-5-7-9-14-12-23(14,20(30)31)25-18(28)17-11-15(27)13-26(17)19(16)29;8-7-10-5-3-1-2-4(9)6(5)11-7/h7,9-11,13,17-18,21-22H,4-6,8,12,14-16H2,1-3H3,(H,32,40)(H,34,36)(H,38,39);7,9,14-17,27H,4-6,8,10-13H2,1-3H3,(H,24,32)(H,25,28)(H,30,31);1-3H/b10-7-;9-7-;/t17-,18-,21+,22+,30-;14-,15-,16+,17+,23-;/m11./s1. The van der Waals surface area contributed by atoms with Gasteiger partial charge in [-0.15, -0.1) is 0 Å². The number of para-hydroxylation sites is 2. The van der Waals surface area contributed by atoms with Crippen molar-refractivity contribution in [1.82, 2.24) is 41.0 Å². The van der Waals surface area contributed by atoms with E-state index in [1.807, 2.05) is 24.3 Å². The predicted octanol–water partition coefficient (Wildman–Crippen LogP) is 7.63. The lowest BCUT2D eigenvalue weighted by Gasteiger charge is -2.30. The molecule has 2 aliphatic carbocycles. The van der Waals surface area contributed by atoms with Crippen LogP contribution in [0.25, 0.3) is 22.2 Å². The fourth-order valence-electron chi connectivity index (χ4n) is 11.1. The molecule has 4 aromatic rings. The maximum atomic E-state index is 14.2. The summed E-state index contributed by atoms with van der Waals surface area (Å²) in [5, 5.41) is 40.5. The first-order valence-corrected chi connectivity index (χ1v) is 29.6. The number of oxazole rings is 2. The zero-order valence-corrected chi connectivity index (χ0v) is 50.0. The Morgan fingerprint density at radius 1 is 0.667 bits per heavy atom. The Labute approximate surface area is 505 Å². The van der Waals surface area contributed by atoms with Gasteiger partial charge >= 0.3 is 30.2 Å². The molecule has 24 nitrogen and oxygen atoms in total. The lowest BCUT2D eigenvalue weighted by atomic mass is 10.0. The quantitative estimate of drug-likeness (QED) is 0.0912. The van der Waals surface area contributed by atoms with E-state index in [1.54, 1.807) is 59.7 Å². The molecule has 87 heavy (non-hydrogen) atoms. The smallest absolute Gasteiger partial charge is 0.408 e. The second kappa shape index (κ2) is 27.0. The highest BCUT2D eigenvalue weighted by molar-refractivity contribution is 6.28. The van der Waals surface area contributed by atoms with Gasteiger partial charge in [0.15, 0.2) is 22.8 Å². The number of aromatic nitrogens is 2. The Balaban J connectivity index is 0.000000196. The summed E-state index contributed by atoms with van der Waals surface area (Å²) >= 11 is 5.41. The molecule has 27 heteroatoms. The summed E-state index contributed by atoms with van der Waals surface area (Å²) in [6, 6.07) is 4.72. The number of aliphatic hydroxyl groups excluding tert-OH is 1. The van der Waals surface area contributed by atoms with E-state index in [0.29, 0.717) is 31.2 Å². The van der Waals surface area contributed by atoms with Gasteiger partial charge in [-0.2, -0.15) is 9.97 Å². The van der Waals surface area contributed by atoms with Crippen molar-refractivity contribution in [2.45, 2.75) is 190 Å². The highest BCUT2D eigenvalue weighted by Gasteiger charge is 2.63. The molecule has 7 N–H and O–H groups in total. The predicted molar refractivity (Wildman–Crippen MR) is 308 cm³/mol. The van der Waals surface area contributed by atoms with Gasteiger partial charge in [0.05, 0.1) is 12.6 Å². The summed E-state index contributed by atoms with van der Waals surface area (Å²) in [5.41, 5.74) is -3.67. The first-order valence-electron chi connectivity index (χ1n) is 29.2. The minimum Gasteiger partial charge on any atom is -0.479 e. The number of ether oxygens (including phenoxy) is 3. The lowest BCUT2D eigenvalue weighted by Crippen LogP contribution is -2.56. The van der Waals surface area contributed by atoms with Crippen LogP contribution in [0.15, 0.2) is 69.5 Å². The summed E-state index contributed by atoms with van der Waals surface area (Å²) in [7, 11) is 0. The molecule has 2 saturated heterocycles. The largest absolute Gasteiger partial charge is 0.479 e. The number of fused-ring (bicyclic) bond motifs is 6. The SMILES string of the molecule is CC(C)(C)OC(=O)N[C@H]1CCCCC/C=C\[C@@H]2C[C@@]2(C(=O)O)NC(=O)[C@@H]2C[C@@H](O)CN2C1=O.CC(C)(C)OC(=O)N[C@H]1CCCCC/C=C\[C@@H]2C[C@@]2(C(=O)O)NC(=O)[C@@H]2C[C@@H](Oc3nc4cccc(F)c4o3)CN2C1=O.Fc1cccc2nc(Cl)oc12. The van der Waals surface area contributed by atoms with E-state index >= 15 is 0 Å². The second-order valence-corrected chi connectivity index (χ2v) is 25.0. The first kappa shape index (κ1) is 65.1. The molecule has 10 atom stereocenters. The number of nitrogens with one attached hydrogen (secondary N) is 4. The molecule has 472 valence electrons. The number of aliphatic hydroxyl groups is 1. The maximum absolute atomic E-state index is 14.2. The van der Waals surface area contributed by atoms with Gasteiger partial charge in [0, 0.05) is 31.2 Å². The van der Waals surface area contributed by atoms with Crippen molar-refractivity contribution < 1.29 is 85.5 Å². The van der Waals surface area contributed by atoms with Gasteiger partial charge in [0.1, 0.15) is 63.6 Å². The van der Waals surface area contributed by atoms with Crippen molar-refractivity contribution in [2.75, 3.05) is 13.1 Å². The second-order valence-electron chi connectivity index (χ2n) is 24.7. The number of nitrogens with zero attached hydrogens (tertiary/aromatic N) is 4. The summed E-state index contributed by atoms with van der Waals surface area (Å²) in [6.07, 6.45) is 11.4. The fraction of sp³-hybridized carbons (Fsp3) is 0.567. The third kappa shape index (κ3) is 16.4. The molecular weight excluding hydrogens is 1160 g/mol. The number of amides is 6. The minimum absolute atomic E-state index is 0.00581. The molecular formula is C60H75ClF2N8O16. The molecule has 6 heterocycles. The molecule has 10 rings (SSSR count). The van der Waals surface area contributed by atoms with Crippen LogP contribution < -0.4 is 26.0 Å². The molecule has 2 aromatic carbocycles. The lowest BCUT2D eigenvalue weighted by molar-refractivity contribution is -0.146. The van der Waals surface area contributed by atoms with Crippen molar-refractivity contribution >= 4 is 81.6 Å². The number of carboxylic acids is 2. The Kier molecular flexibility index (Phi) is 20.2. The fourth-order valence-corrected chi connectivity index (χ4v) is 11.3. The number of hydrogen-bond donors (Lipinski definition) is 7. The molecule has 0 spiro atoms. The van der Waals surface area contributed by atoms with Gasteiger partial charge in [-0.1, -0.05) is 62.1 Å². The molecule has 0 bridgehead atoms. The van der Waals surface area contributed by atoms with Crippen molar-refractivity contribution in [2.24, 2.45) is 11.8 Å². The monoisotopic (exact) mass is 1240 g/mol. The van der Waals surface area contributed by atoms with E-state index in [-0.39, 0.29) is 78.7 Å². The first-order chi connectivity index (χ1) is 41.1. The van der Waals surface area contributed by atoms with E-state index in [4.69, 9.17) is 34.6 Å². The van der Waals surface area contributed by atoms with Gasteiger partial charge in [-0.05, 0) is 129 Å². The van der Waals surface area contributed by atoms with Crippen LogP contribution in [-0.2, 0) is 38.2 Å². The summed E-state index contributed by atoms with van der Waals surface area (Å²) in [4.78, 5) is 114. The van der Waals surface area contributed by atoms with Crippen LogP contribution in [0.1, 0.15) is 131 Å². The maximum Gasteiger partial charge on any atom is 0.408 e. The number of hydrogen-bond acceptors (Lipinski definition) is 16. The number of allylic oxidation sites excluding steroid dienone is 2. The number of carbonyl (C=O) groups excluding carboxylic acids is 6. The van der Waals surface area contributed by atoms with E-state index < -0.39 is 118 Å². The van der Waals surface area contributed by atoms with Gasteiger partial charge < -0.3 is 69.4 Å². The van der Waals surface area contributed by atoms with Gasteiger partial charge in [-0.25, -0.2) is 28.0 Å². The van der Waals surface area contributed by atoms with Crippen molar-refractivity contribution in [3.63, 3.8) is 0 Å². The van der Waals surface area contributed by atoms with Crippen LogP contribution in [0, 0.1) is 23.5 Å². The van der Waals surface area contributed by atoms with Gasteiger partial charge in [-0.3, -0.25) is 19.2 Å². The van der Waals surface area contributed by atoms with E-state index in [0.717, 1.165) is 38.5 Å². The zero-order chi connectivity index (χ0) is 63.2. The Bertz CT molecular complexity index is 3290. The molecule has 0 radical (unpaired) electrons. The number of aliphatic carboxylic acids is 2. The molecule has 2 saturated carbocycles. The number of halogens is 3. The Morgan fingerprint density at radius 3 is 1.59 bits per heavy atom. The summed E-state index contributed by atoms with van der Waals surface area (Å²) < 4.78 is 53.8. The average molecular weight is 1240 g/mol. The zero-order valence-electron chi connectivity index (χ0n) is 49.3. The van der Waals surface area contributed by atoms with Crippen LogP contribution in [0.4, 0.5) is 18.4 Å². The third-order valence-electron chi connectivity index (χ3n) is 15.6. The number of carboxylic acid groups (broad SMARTS) is 2. The van der Waals surface area contributed by atoms with Gasteiger partial charge in [0.25, 0.3) is 5.35 Å². The third-order valence-corrected chi connectivity index (χ3v) is 15.8. The van der Waals surface area contributed by atoms with Crippen LogP contribution in [-0.4, -0.2) is 155 Å². The van der Waals surface area contributed by atoms with E-state index in [2.05, 4.69) is 31.2 Å². The number of benzene rings is 2. The van der Waals surface area contributed by atoms with E-state index in [9.17, 15) is 62.5 Å². The van der Waals surface area contributed by atoms with Crippen molar-refractivity contribution in [3.8, 4) is 6.08 Å². The highest BCUT2D eigenvalue weighted by Crippen LogP contribution is 2.47. The minimum atomic E-state index is -1.46. The van der Waals surface area contributed by atoms with Crippen LogP contribution in [0.3, 0.4) is 0 Å². The summed E-state index contributed by atoms with van der Waals surface area (Å²) in [6.45, 7) is 10.2. The van der Waals surface area contributed by atoms with Crippen LogP contribution in [0.2, 0.25) is 5.35 Å².